The van der Waals surface area contributed by atoms with E-state index < -0.39 is 0 Å². The summed E-state index contributed by atoms with van der Waals surface area (Å²) < 4.78 is 6.55. The van der Waals surface area contributed by atoms with Crippen molar-refractivity contribution in [2.24, 2.45) is 0 Å². The number of ether oxygens (including phenoxy) is 1. The fourth-order valence-corrected chi connectivity index (χ4v) is 3.65. The maximum atomic E-state index is 12.6. The number of halogens is 1. The summed E-state index contributed by atoms with van der Waals surface area (Å²) >= 11 is 7.57. The van der Waals surface area contributed by atoms with Crippen LogP contribution in [0.25, 0.3) is 10.2 Å². The summed E-state index contributed by atoms with van der Waals surface area (Å²) in [4.78, 5) is 31.1. The van der Waals surface area contributed by atoms with Gasteiger partial charge in [0.25, 0.3) is 5.56 Å². The third-order valence-corrected chi connectivity index (χ3v) is 5.58. The van der Waals surface area contributed by atoms with Gasteiger partial charge in [0.1, 0.15) is 17.1 Å². The van der Waals surface area contributed by atoms with E-state index in [1.807, 2.05) is 19.9 Å². The Morgan fingerprint density at radius 2 is 2.15 bits per heavy atom. The van der Waals surface area contributed by atoms with Crippen molar-refractivity contribution in [1.82, 2.24) is 9.55 Å². The Kier molecular flexibility index (Phi) is 5.29. The molecular formula is C18H18ClN3O3S. The van der Waals surface area contributed by atoms with E-state index in [1.54, 1.807) is 12.1 Å². The lowest BCUT2D eigenvalue weighted by Crippen LogP contribution is -2.27. The predicted octanol–water partition coefficient (Wildman–Crippen LogP) is 3.63. The topological polar surface area (TPSA) is 73.2 Å². The number of fused-ring (bicyclic) bond motifs is 1. The molecule has 1 aromatic carbocycles. The van der Waals surface area contributed by atoms with Gasteiger partial charge in [-0.05, 0) is 31.0 Å². The molecule has 3 aromatic rings. The molecule has 136 valence electrons. The molecule has 6 nitrogen and oxygen atoms in total. The van der Waals surface area contributed by atoms with Crippen LogP contribution >= 0.6 is 22.9 Å². The number of thiophene rings is 1. The van der Waals surface area contributed by atoms with E-state index in [9.17, 15) is 9.59 Å². The highest BCUT2D eigenvalue weighted by Crippen LogP contribution is 2.30. The van der Waals surface area contributed by atoms with Gasteiger partial charge in [0.05, 0.1) is 24.5 Å². The van der Waals surface area contributed by atoms with Crippen LogP contribution in [0, 0.1) is 6.92 Å². The van der Waals surface area contributed by atoms with E-state index in [-0.39, 0.29) is 18.0 Å². The highest BCUT2D eigenvalue weighted by atomic mass is 35.5. The molecule has 0 saturated heterocycles. The number of aryl methyl sites for hydroxylation is 2. The molecule has 0 spiro atoms. The molecular weight excluding hydrogens is 374 g/mol. The number of carbonyl (C=O) groups excluding carboxylic acids is 1. The number of nitrogens with zero attached hydrogens (tertiary/aromatic N) is 2. The Balaban J connectivity index is 1.85. The minimum Gasteiger partial charge on any atom is -0.495 e. The molecule has 0 aliphatic heterocycles. The molecule has 0 bridgehead atoms. The summed E-state index contributed by atoms with van der Waals surface area (Å²) in [5, 5.41) is 3.86. The predicted molar refractivity (Wildman–Crippen MR) is 105 cm³/mol. The van der Waals surface area contributed by atoms with Crippen molar-refractivity contribution < 1.29 is 9.53 Å². The number of anilines is 1. The minimum absolute atomic E-state index is 0.135. The first-order valence-electron chi connectivity index (χ1n) is 8.04. The van der Waals surface area contributed by atoms with Gasteiger partial charge in [-0.2, -0.15) is 0 Å². The number of amides is 1. The lowest BCUT2D eigenvalue weighted by Gasteiger charge is -2.12. The quantitative estimate of drug-likeness (QED) is 0.720. The average molecular weight is 392 g/mol. The summed E-state index contributed by atoms with van der Waals surface area (Å²) in [5.74, 6) is 0.111. The number of carbonyl (C=O) groups is 1. The number of hydrogen-bond acceptors (Lipinski definition) is 5. The van der Waals surface area contributed by atoms with Gasteiger partial charge in [0, 0.05) is 16.0 Å². The standard InChI is InChI=1S/C18H18ClN3O3S/c1-4-11-6-12-17(26-11)20-9-22(18(12)24)8-16(23)21-14-5-10(2)13(19)7-15(14)25-3/h5-7,9H,4,8H2,1-3H3,(H,21,23). The summed E-state index contributed by atoms with van der Waals surface area (Å²) in [6, 6.07) is 5.22. The van der Waals surface area contributed by atoms with Crippen molar-refractivity contribution in [1.29, 1.82) is 0 Å². The average Bonchev–Trinajstić information content (AvgIpc) is 3.04. The van der Waals surface area contributed by atoms with Gasteiger partial charge in [-0.3, -0.25) is 14.2 Å². The van der Waals surface area contributed by atoms with Crippen LogP contribution in [0.2, 0.25) is 5.02 Å². The SMILES string of the molecule is CCc1cc2c(=O)n(CC(=O)Nc3cc(C)c(Cl)cc3OC)cnc2s1. The van der Waals surface area contributed by atoms with Crippen LogP contribution in [0.5, 0.6) is 5.75 Å². The fraction of sp³-hybridized carbons (Fsp3) is 0.278. The molecule has 0 saturated carbocycles. The van der Waals surface area contributed by atoms with E-state index in [0.29, 0.717) is 26.7 Å². The van der Waals surface area contributed by atoms with Gasteiger partial charge in [-0.1, -0.05) is 18.5 Å². The molecule has 26 heavy (non-hydrogen) atoms. The molecule has 2 heterocycles. The summed E-state index contributed by atoms with van der Waals surface area (Å²) in [6.07, 6.45) is 2.25. The summed E-state index contributed by atoms with van der Waals surface area (Å²) in [5.41, 5.74) is 1.10. The van der Waals surface area contributed by atoms with Crippen LogP contribution in [0.4, 0.5) is 5.69 Å². The van der Waals surface area contributed by atoms with Crippen molar-refractivity contribution in [3.63, 3.8) is 0 Å². The molecule has 0 aliphatic carbocycles. The zero-order valence-electron chi connectivity index (χ0n) is 14.6. The first-order chi connectivity index (χ1) is 12.4. The molecule has 8 heteroatoms. The summed E-state index contributed by atoms with van der Waals surface area (Å²) in [7, 11) is 1.50. The molecule has 2 aromatic heterocycles. The number of rotatable bonds is 5. The van der Waals surface area contributed by atoms with Gasteiger partial charge in [-0.15, -0.1) is 11.3 Å². The second kappa shape index (κ2) is 7.47. The van der Waals surface area contributed by atoms with Crippen molar-refractivity contribution in [3.8, 4) is 5.75 Å². The largest absolute Gasteiger partial charge is 0.495 e. The van der Waals surface area contributed by atoms with Gasteiger partial charge in [-0.25, -0.2) is 4.98 Å². The molecule has 1 N–H and O–H groups in total. The first kappa shape index (κ1) is 18.4. The van der Waals surface area contributed by atoms with E-state index in [4.69, 9.17) is 16.3 Å². The zero-order valence-corrected chi connectivity index (χ0v) is 16.2. The number of methoxy groups -OCH3 is 1. The van der Waals surface area contributed by atoms with Crippen molar-refractivity contribution in [3.05, 3.63) is 50.3 Å². The van der Waals surface area contributed by atoms with E-state index in [1.165, 1.54) is 29.3 Å². The lowest BCUT2D eigenvalue weighted by atomic mass is 10.2. The third kappa shape index (κ3) is 3.59. The maximum Gasteiger partial charge on any atom is 0.262 e. The van der Waals surface area contributed by atoms with E-state index in [2.05, 4.69) is 10.3 Å². The second-order valence-electron chi connectivity index (χ2n) is 5.81. The maximum absolute atomic E-state index is 12.6. The number of hydrogen-bond donors (Lipinski definition) is 1. The molecule has 0 radical (unpaired) electrons. The van der Waals surface area contributed by atoms with Crippen LogP contribution in [0.1, 0.15) is 17.4 Å². The Morgan fingerprint density at radius 1 is 1.38 bits per heavy atom. The monoisotopic (exact) mass is 391 g/mol. The minimum atomic E-state index is -0.348. The Bertz CT molecular complexity index is 1040. The Hall–Kier alpha value is -2.38. The third-order valence-electron chi connectivity index (χ3n) is 3.99. The van der Waals surface area contributed by atoms with Gasteiger partial charge in [0.2, 0.25) is 5.91 Å². The van der Waals surface area contributed by atoms with Crippen molar-refractivity contribution >= 4 is 44.7 Å². The molecule has 0 unspecified atom stereocenters. The Labute approximate surface area is 159 Å². The van der Waals surface area contributed by atoms with Gasteiger partial charge < -0.3 is 10.1 Å². The number of aromatic nitrogens is 2. The van der Waals surface area contributed by atoms with Crippen molar-refractivity contribution in [2.45, 2.75) is 26.8 Å². The highest BCUT2D eigenvalue weighted by Gasteiger charge is 2.13. The molecule has 1 amide bonds. The smallest absolute Gasteiger partial charge is 0.262 e. The van der Waals surface area contributed by atoms with Gasteiger partial charge in [0.15, 0.2) is 0 Å². The highest BCUT2D eigenvalue weighted by molar-refractivity contribution is 7.18. The Morgan fingerprint density at radius 3 is 2.85 bits per heavy atom. The number of nitrogens with one attached hydrogen (secondary N) is 1. The molecule has 0 atom stereocenters. The molecule has 3 rings (SSSR count). The second-order valence-corrected chi connectivity index (χ2v) is 7.33. The first-order valence-corrected chi connectivity index (χ1v) is 9.24. The van der Waals surface area contributed by atoms with Gasteiger partial charge >= 0.3 is 0 Å². The zero-order chi connectivity index (χ0) is 18.8. The molecule has 0 fully saturated rings. The van der Waals surface area contributed by atoms with Crippen LogP contribution in [-0.2, 0) is 17.8 Å². The molecule has 0 aliphatic rings. The van der Waals surface area contributed by atoms with Crippen LogP contribution in [0.3, 0.4) is 0 Å². The number of benzene rings is 1. The fourth-order valence-electron chi connectivity index (χ4n) is 2.57. The van der Waals surface area contributed by atoms with Crippen molar-refractivity contribution in [2.75, 3.05) is 12.4 Å². The van der Waals surface area contributed by atoms with Crippen LogP contribution in [0.15, 0.2) is 29.3 Å². The van der Waals surface area contributed by atoms with E-state index >= 15 is 0 Å². The van der Waals surface area contributed by atoms with E-state index in [0.717, 1.165) is 16.9 Å². The lowest BCUT2D eigenvalue weighted by molar-refractivity contribution is -0.116. The van der Waals surface area contributed by atoms with Crippen LogP contribution in [-0.4, -0.2) is 22.6 Å². The summed E-state index contributed by atoms with van der Waals surface area (Å²) in [6.45, 7) is 3.73. The normalized spacial score (nSPS) is 10.9. The van der Waals surface area contributed by atoms with Crippen LogP contribution < -0.4 is 15.6 Å².